The van der Waals surface area contributed by atoms with Gasteiger partial charge in [0.1, 0.15) is 17.5 Å². The fourth-order valence-corrected chi connectivity index (χ4v) is 3.57. The number of amides is 2. The summed E-state index contributed by atoms with van der Waals surface area (Å²) in [7, 11) is 0. The summed E-state index contributed by atoms with van der Waals surface area (Å²) in [6, 6.07) is 5.41. The van der Waals surface area contributed by atoms with Gasteiger partial charge in [0.25, 0.3) is 5.91 Å². The summed E-state index contributed by atoms with van der Waals surface area (Å²) in [6.45, 7) is -0.553. The van der Waals surface area contributed by atoms with Gasteiger partial charge in [0.2, 0.25) is 5.91 Å². The smallest absolute Gasteiger partial charge is 0.326 e. The maximum Gasteiger partial charge on any atom is 0.326 e. The van der Waals surface area contributed by atoms with Crippen LogP contribution < -0.4 is 10.1 Å². The lowest BCUT2D eigenvalue weighted by Gasteiger charge is -2.47. The Morgan fingerprint density at radius 3 is 2.45 bits per heavy atom. The summed E-state index contributed by atoms with van der Waals surface area (Å²) in [4.78, 5) is 42.6. The van der Waals surface area contributed by atoms with Gasteiger partial charge >= 0.3 is 5.97 Å². The van der Waals surface area contributed by atoms with Crippen molar-refractivity contribution in [1.82, 2.24) is 9.88 Å². The third-order valence-electron chi connectivity index (χ3n) is 4.77. The molecule has 1 aliphatic heterocycles. The molecule has 3 rings (SSSR count). The van der Waals surface area contributed by atoms with Crippen LogP contribution in [0.5, 0.6) is 5.75 Å². The summed E-state index contributed by atoms with van der Waals surface area (Å²) in [5, 5.41) is 2.69. The van der Waals surface area contributed by atoms with Gasteiger partial charge in [0, 0.05) is 16.8 Å². The average Bonchev–Trinajstić information content (AvgIpc) is 2.75. The van der Waals surface area contributed by atoms with Crippen molar-refractivity contribution >= 4 is 70.0 Å². The molecule has 2 aromatic rings. The van der Waals surface area contributed by atoms with Crippen molar-refractivity contribution in [3.05, 3.63) is 51.9 Å². The number of nitrogens with one attached hydrogen (secondary N) is 1. The van der Waals surface area contributed by atoms with Crippen molar-refractivity contribution in [1.29, 1.82) is 0 Å². The van der Waals surface area contributed by atoms with Crippen LogP contribution in [0.15, 0.2) is 30.5 Å². The highest BCUT2D eigenvalue weighted by molar-refractivity contribution is 6.31. The van der Waals surface area contributed by atoms with Crippen LogP contribution >= 0.6 is 46.4 Å². The number of anilines is 1. The van der Waals surface area contributed by atoms with Crippen LogP contribution in [0.2, 0.25) is 10.0 Å². The summed E-state index contributed by atoms with van der Waals surface area (Å²) in [6.07, 6.45) is 1.16. The molecule has 33 heavy (non-hydrogen) atoms. The van der Waals surface area contributed by atoms with Crippen molar-refractivity contribution in [3.8, 4) is 5.75 Å². The number of hydrogen-bond donors (Lipinski definition) is 1. The van der Waals surface area contributed by atoms with Gasteiger partial charge in [-0.1, -0.05) is 29.3 Å². The number of ether oxygens (including phenoxy) is 2. The zero-order valence-corrected chi connectivity index (χ0v) is 19.8. The predicted octanol–water partition coefficient (Wildman–Crippen LogP) is 3.65. The van der Waals surface area contributed by atoms with Crippen molar-refractivity contribution in [2.45, 2.75) is 12.1 Å². The standard InChI is InChI=1S/C20H16Cl4FN3O5/c21-5-16(29)28(8-11-1-2-12(23)4-15(11)33-17(30)6-22)20(9-32-10-20)19(31)27-18-14(25)3-13(24)7-26-18/h1-4,7H,5-6,8-10H2,(H,26,27,31). The van der Waals surface area contributed by atoms with Crippen molar-refractivity contribution in [2.75, 3.05) is 30.3 Å². The first-order valence-electron chi connectivity index (χ1n) is 9.32. The van der Waals surface area contributed by atoms with Gasteiger partial charge in [-0.25, -0.2) is 9.37 Å². The number of alkyl halides is 2. The molecule has 2 amide bonds. The van der Waals surface area contributed by atoms with Gasteiger partial charge in [-0.05, 0) is 18.2 Å². The van der Waals surface area contributed by atoms with E-state index in [4.69, 9.17) is 55.9 Å². The monoisotopic (exact) mass is 537 g/mol. The second kappa shape index (κ2) is 10.8. The number of carbonyl (C=O) groups excluding carboxylic acids is 3. The summed E-state index contributed by atoms with van der Waals surface area (Å²) in [5.74, 6) is -4.10. The van der Waals surface area contributed by atoms with E-state index >= 15 is 0 Å². The molecule has 1 aliphatic rings. The first kappa shape index (κ1) is 25.5. The second-order valence-electron chi connectivity index (χ2n) is 6.94. The molecule has 1 N–H and O–H groups in total. The third kappa shape index (κ3) is 5.67. The minimum absolute atomic E-state index is 0.0490. The molecule has 8 nitrogen and oxygen atoms in total. The van der Waals surface area contributed by atoms with Crippen LogP contribution in [0.25, 0.3) is 0 Å². The van der Waals surface area contributed by atoms with E-state index in [0.29, 0.717) is 5.56 Å². The SMILES string of the molecule is O=C(CCl)Oc1cc(Cl)ccc1CN(C(=O)CCl)C1(C(=O)Nc2ncc(Cl)cc2F)COC1. The number of pyridine rings is 1. The molecule has 1 aromatic heterocycles. The van der Waals surface area contributed by atoms with Crippen molar-refractivity contribution < 1.29 is 28.2 Å². The maximum absolute atomic E-state index is 14.2. The number of halogens is 5. The Hall–Kier alpha value is -2.17. The van der Waals surface area contributed by atoms with Crippen LogP contribution in [0, 0.1) is 5.82 Å². The van der Waals surface area contributed by atoms with Crippen LogP contribution in [0.3, 0.4) is 0 Å². The summed E-state index contributed by atoms with van der Waals surface area (Å²) < 4.78 is 24.6. The predicted molar refractivity (Wildman–Crippen MR) is 120 cm³/mol. The van der Waals surface area contributed by atoms with E-state index in [1.165, 1.54) is 23.1 Å². The second-order valence-corrected chi connectivity index (χ2v) is 8.34. The molecule has 176 valence electrons. The summed E-state index contributed by atoms with van der Waals surface area (Å²) in [5.41, 5.74) is -1.17. The van der Waals surface area contributed by atoms with Crippen molar-refractivity contribution in [3.63, 3.8) is 0 Å². The van der Waals surface area contributed by atoms with Gasteiger partial charge in [-0.15, -0.1) is 23.2 Å². The minimum atomic E-state index is -1.52. The maximum atomic E-state index is 14.2. The number of nitrogens with zero attached hydrogens (tertiary/aromatic N) is 2. The Balaban J connectivity index is 1.94. The number of benzene rings is 1. The van der Waals surface area contributed by atoms with Crippen LogP contribution in [-0.2, 0) is 25.7 Å². The molecule has 0 aliphatic carbocycles. The number of hydrogen-bond acceptors (Lipinski definition) is 6. The zero-order valence-electron chi connectivity index (χ0n) is 16.7. The van der Waals surface area contributed by atoms with Gasteiger partial charge in [-0.3, -0.25) is 14.4 Å². The van der Waals surface area contributed by atoms with Crippen molar-refractivity contribution in [2.24, 2.45) is 0 Å². The first-order chi connectivity index (χ1) is 15.7. The minimum Gasteiger partial charge on any atom is -0.425 e. The Kier molecular flexibility index (Phi) is 8.36. The van der Waals surface area contributed by atoms with E-state index < -0.39 is 40.9 Å². The van der Waals surface area contributed by atoms with Crippen LogP contribution in [0.4, 0.5) is 10.2 Å². The largest absolute Gasteiger partial charge is 0.425 e. The van der Waals surface area contributed by atoms with E-state index in [-0.39, 0.29) is 41.4 Å². The molecule has 1 fully saturated rings. The van der Waals surface area contributed by atoms with Gasteiger partial charge < -0.3 is 19.7 Å². The molecule has 0 saturated carbocycles. The highest BCUT2D eigenvalue weighted by atomic mass is 35.5. The molecule has 13 heteroatoms. The van der Waals surface area contributed by atoms with Crippen LogP contribution in [0.1, 0.15) is 5.56 Å². The highest BCUT2D eigenvalue weighted by Gasteiger charge is 2.53. The molecule has 0 unspecified atom stereocenters. The van der Waals surface area contributed by atoms with Crippen LogP contribution in [-0.4, -0.2) is 58.2 Å². The molecule has 0 radical (unpaired) electrons. The lowest BCUT2D eigenvalue weighted by atomic mass is 9.92. The number of aromatic nitrogens is 1. The van der Waals surface area contributed by atoms with Gasteiger partial charge in [-0.2, -0.15) is 0 Å². The fourth-order valence-electron chi connectivity index (χ4n) is 3.06. The highest BCUT2D eigenvalue weighted by Crippen LogP contribution is 2.33. The molecule has 0 bridgehead atoms. The summed E-state index contributed by atoms with van der Waals surface area (Å²) >= 11 is 23.0. The van der Waals surface area contributed by atoms with E-state index in [0.717, 1.165) is 12.3 Å². The average molecular weight is 539 g/mol. The zero-order chi connectivity index (χ0) is 24.2. The molecule has 1 aromatic carbocycles. The van der Waals surface area contributed by atoms with E-state index in [9.17, 15) is 18.8 Å². The van der Waals surface area contributed by atoms with E-state index in [1.807, 2.05) is 0 Å². The lowest BCUT2D eigenvalue weighted by Crippen LogP contribution is -2.70. The normalized spacial score (nSPS) is 14.2. The Labute approximate surface area is 207 Å². The quantitative estimate of drug-likeness (QED) is 0.313. The molecule has 0 atom stereocenters. The van der Waals surface area contributed by atoms with E-state index in [1.54, 1.807) is 0 Å². The third-order valence-corrected chi connectivity index (χ3v) is 5.66. The molecular formula is C20H16Cl4FN3O5. The van der Waals surface area contributed by atoms with Gasteiger partial charge in [0.15, 0.2) is 17.2 Å². The Morgan fingerprint density at radius 2 is 1.88 bits per heavy atom. The lowest BCUT2D eigenvalue weighted by molar-refractivity contribution is -0.176. The fraction of sp³-hybridized carbons (Fsp3) is 0.300. The number of rotatable bonds is 8. The topological polar surface area (TPSA) is 97.8 Å². The number of esters is 1. The molecule has 0 spiro atoms. The van der Waals surface area contributed by atoms with E-state index in [2.05, 4.69) is 10.3 Å². The van der Waals surface area contributed by atoms with Gasteiger partial charge in [0.05, 0.1) is 24.8 Å². The number of carbonyl (C=O) groups is 3. The first-order valence-corrected chi connectivity index (χ1v) is 11.1. The Bertz CT molecular complexity index is 1080. The molecule has 2 heterocycles. The molecular weight excluding hydrogens is 523 g/mol. The Morgan fingerprint density at radius 1 is 1.15 bits per heavy atom. The molecule has 1 saturated heterocycles.